The first-order valence-corrected chi connectivity index (χ1v) is 5.02. The third kappa shape index (κ3) is 2.25. The van der Waals surface area contributed by atoms with Crippen LogP contribution in [0.2, 0.25) is 5.02 Å². The van der Waals surface area contributed by atoms with E-state index >= 15 is 0 Å². The molecule has 0 aliphatic heterocycles. The minimum absolute atomic E-state index is 0.104. The van der Waals surface area contributed by atoms with Gasteiger partial charge < -0.3 is 0 Å². The zero-order chi connectivity index (χ0) is 11.5. The first-order valence-electron chi connectivity index (χ1n) is 4.64. The summed E-state index contributed by atoms with van der Waals surface area (Å²) in [6.07, 6.45) is 3.05. The first-order chi connectivity index (χ1) is 7.66. The number of nitrogens with zero attached hydrogens (tertiary/aromatic N) is 4. The van der Waals surface area contributed by atoms with Crippen molar-refractivity contribution >= 4 is 17.4 Å². The highest BCUT2D eigenvalue weighted by Crippen LogP contribution is 2.08. The summed E-state index contributed by atoms with van der Waals surface area (Å²) in [6.45, 7) is 0. The lowest BCUT2D eigenvalue weighted by molar-refractivity contribution is 0.0985. The van der Waals surface area contributed by atoms with Crippen LogP contribution in [0.25, 0.3) is 0 Å². The Balaban J connectivity index is 2.15. The normalized spacial score (nSPS) is 10.4. The molecule has 0 saturated carbocycles. The summed E-state index contributed by atoms with van der Waals surface area (Å²) in [5.74, 6) is 0.509. The Morgan fingerprint density at radius 2 is 2.25 bits per heavy atom. The van der Waals surface area contributed by atoms with Crippen molar-refractivity contribution in [2.45, 2.75) is 6.42 Å². The number of aryl methyl sites for hydroxylation is 1. The molecule has 0 aliphatic carbocycles. The summed E-state index contributed by atoms with van der Waals surface area (Å²) < 4.78 is 1.56. The molecule has 2 aromatic rings. The SMILES string of the molecule is Cn1ncnc1CC(=O)c1ccc(Cl)cn1. The summed E-state index contributed by atoms with van der Waals surface area (Å²) in [7, 11) is 1.74. The average Bonchev–Trinajstić information content (AvgIpc) is 2.65. The van der Waals surface area contributed by atoms with Crippen LogP contribution < -0.4 is 0 Å². The monoisotopic (exact) mass is 236 g/mol. The van der Waals surface area contributed by atoms with E-state index in [2.05, 4.69) is 15.1 Å². The molecule has 2 heterocycles. The number of pyridine rings is 1. The Bertz CT molecular complexity index is 506. The molecule has 0 radical (unpaired) electrons. The number of Topliss-reactive ketones (excluding diaryl/α,β-unsaturated/α-hetero) is 1. The molecule has 0 fully saturated rings. The largest absolute Gasteiger partial charge is 0.292 e. The van der Waals surface area contributed by atoms with Crippen molar-refractivity contribution in [3.63, 3.8) is 0 Å². The molecule has 0 unspecified atom stereocenters. The number of aromatic nitrogens is 4. The molecular formula is C10H9ClN4O. The van der Waals surface area contributed by atoms with Crippen LogP contribution in [0.1, 0.15) is 16.3 Å². The molecule has 82 valence electrons. The van der Waals surface area contributed by atoms with Crippen LogP contribution in [0.4, 0.5) is 0 Å². The summed E-state index contributed by atoms with van der Waals surface area (Å²) in [5.41, 5.74) is 0.382. The Morgan fingerprint density at radius 3 is 2.81 bits per heavy atom. The maximum absolute atomic E-state index is 11.8. The molecule has 6 heteroatoms. The van der Waals surface area contributed by atoms with E-state index in [1.54, 1.807) is 23.9 Å². The van der Waals surface area contributed by atoms with Crippen LogP contribution in [0.5, 0.6) is 0 Å². The van der Waals surface area contributed by atoms with Gasteiger partial charge in [0.15, 0.2) is 5.78 Å². The third-order valence-corrected chi connectivity index (χ3v) is 2.36. The van der Waals surface area contributed by atoms with Gasteiger partial charge in [0, 0.05) is 13.2 Å². The van der Waals surface area contributed by atoms with Crippen molar-refractivity contribution in [2.75, 3.05) is 0 Å². The fourth-order valence-corrected chi connectivity index (χ4v) is 1.37. The summed E-state index contributed by atoms with van der Waals surface area (Å²) >= 11 is 5.68. The minimum atomic E-state index is -0.104. The highest BCUT2D eigenvalue weighted by atomic mass is 35.5. The number of hydrogen-bond donors (Lipinski definition) is 0. The lowest BCUT2D eigenvalue weighted by Crippen LogP contribution is -2.10. The molecule has 0 aromatic carbocycles. The molecule has 0 N–H and O–H groups in total. The number of carbonyl (C=O) groups excluding carboxylic acids is 1. The lowest BCUT2D eigenvalue weighted by Gasteiger charge is -2.00. The van der Waals surface area contributed by atoms with Gasteiger partial charge >= 0.3 is 0 Å². The van der Waals surface area contributed by atoms with Gasteiger partial charge in [0.1, 0.15) is 17.8 Å². The lowest BCUT2D eigenvalue weighted by atomic mass is 10.2. The van der Waals surface area contributed by atoms with E-state index in [-0.39, 0.29) is 12.2 Å². The van der Waals surface area contributed by atoms with Crippen molar-refractivity contribution < 1.29 is 4.79 Å². The van der Waals surface area contributed by atoms with Crippen LogP contribution in [0.15, 0.2) is 24.7 Å². The van der Waals surface area contributed by atoms with Gasteiger partial charge in [-0.1, -0.05) is 11.6 Å². The zero-order valence-corrected chi connectivity index (χ0v) is 9.35. The summed E-state index contributed by atoms with van der Waals surface area (Å²) in [4.78, 5) is 19.7. The fourth-order valence-electron chi connectivity index (χ4n) is 1.26. The van der Waals surface area contributed by atoms with Crippen LogP contribution >= 0.6 is 11.6 Å². The van der Waals surface area contributed by atoms with Gasteiger partial charge in [0.05, 0.1) is 11.4 Å². The second kappa shape index (κ2) is 4.40. The Hall–Kier alpha value is -1.75. The molecule has 2 aromatic heterocycles. The number of halogens is 1. The molecule has 0 aliphatic rings. The van der Waals surface area contributed by atoms with Gasteiger partial charge in [-0.15, -0.1) is 0 Å². The maximum atomic E-state index is 11.8. The molecule has 0 atom stereocenters. The highest BCUT2D eigenvalue weighted by Gasteiger charge is 2.11. The Morgan fingerprint density at radius 1 is 1.44 bits per heavy atom. The highest BCUT2D eigenvalue weighted by molar-refractivity contribution is 6.30. The van der Waals surface area contributed by atoms with E-state index in [9.17, 15) is 4.79 Å². The molecule has 0 spiro atoms. The number of carbonyl (C=O) groups is 1. The van der Waals surface area contributed by atoms with Gasteiger partial charge in [-0.3, -0.25) is 14.5 Å². The van der Waals surface area contributed by atoms with Crippen molar-refractivity contribution in [3.8, 4) is 0 Å². The van der Waals surface area contributed by atoms with Crippen LogP contribution in [0, 0.1) is 0 Å². The molecule has 5 nitrogen and oxygen atoms in total. The topological polar surface area (TPSA) is 60.7 Å². The van der Waals surface area contributed by atoms with E-state index in [0.29, 0.717) is 16.5 Å². The quantitative estimate of drug-likeness (QED) is 0.754. The van der Waals surface area contributed by atoms with Gasteiger partial charge in [-0.05, 0) is 12.1 Å². The maximum Gasteiger partial charge on any atom is 0.188 e. The molecular weight excluding hydrogens is 228 g/mol. The summed E-state index contributed by atoms with van der Waals surface area (Å²) in [6, 6.07) is 3.24. The number of ketones is 1. The smallest absolute Gasteiger partial charge is 0.188 e. The Kier molecular flexibility index (Phi) is 2.96. The standard InChI is InChI=1S/C10H9ClN4O/c1-15-10(13-6-14-15)4-9(16)8-3-2-7(11)5-12-8/h2-3,5-6H,4H2,1H3. The Labute approximate surface area is 97.1 Å². The van der Waals surface area contributed by atoms with Crippen LogP contribution in [0.3, 0.4) is 0 Å². The first kappa shape index (κ1) is 10.8. The predicted molar refractivity (Wildman–Crippen MR) is 58.3 cm³/mol. The number of hydrogen-bond acceptors (Lipinski definition) is 4. The zero-order valence-electron chi connectivity index (χ0n) is 8.59. The van der Waals surface area contributed by atoms with E-state index in [1.807, 2.05) is 0 Å². The molecule has 0 saturated heterocycles. The van der Waals surface area contributed by atoms with E-state index in [0.717, 1.165) is 0 Å². The van der Waals surface area contributed by atoms with Gasteiger partial charge in [-0.25, -0.2) is 4.98 Å². The molecule has 0 amide bonds. The molecule has 16 heavy (non-hydrogen) atoms. The van der Waals surface area contributed by atoms with E-state index in [1.165, 1.54) is 12.5 Å². The fraction of sp³-hybridized carbons (Fsp3) is 0.200. The van der Waals surface area contributed by atoms with E-state index < -0.39 is 0 Å². The third-order valence-electron chi connectivity index (χ3n) is 2.14. The summed E-state index contributed by atoms with van der Waals surface area (Å²) in [5, 5.41) is 4.40. The van der Waals surface area contributed by atoms with Crippen molar-refractivity contribution in [1.82, 2.24) is 19.7 Å². The number of rotatable bonds is 3. The second-order valence-corrected chi connectivity index (χ2v) is 3.70. The predicted octanol–water partition coefficient (Wildman–Crippen LogP) is 1.29. The second-order valence-electron chi connectivity index (χ2n) is 3.26. The molecule has 0 bridgehead atoms. The van der Waals surface area contributed by atoms with Gasteiger partial charge in [0.2, 0.25) is 0 Å². The van der Waals surface area contributed by atoms with Gasteiger partial charge in [-0.2, -0.15) is 5.10 Å². The molecule has 2 rings (SSSR count). The minimum Gasteiger partial charge on any atom is -0.292 e. The van der Waals surface area contributed by atoms with Crippen molar-refractivity contribution in [2.24, 2.45) is 7.05 Å². The van der Waals surface area contributed by atoms with Crippen molar-refractivity contribution in [1.29, 1.82) is 0 Å². The average molecular weight is 237 g/mol. The van der Waals surface area contributed by atoms with Crippen molar-refractivity contribution in [3.05, 3.63) is 41.2 Å². The van der Waals surface area contributed by atoms with Crippen LogP contribution in [-0.4, -0.2) is 25.5 Å². The van der Waals surface area contributed by atoms with Crippen LogP contribution in [-0.2, 0) is 13.5 Å². The van der Waals surface area contributed by atoms with E-state index in [4.69, 9.17) is 11.6 Å². The van der Waals surface area contributed by atoms with Gasteiger partial charge in [0.25, 0.3) is 0 Å².